The molecule has 10 heteroatoms. The molecule has 1 aromatic rings. The van der Waals surface area contributed by atoms with Crippen molar-refractivity contribution in [2.24, 2.45) is 0 Å². The first-order chi connectivity index (χ1) is 11.8. The van der Waals surface area contributed by atoms with Gasteiger partial charge in [0.05, 0.1) is 30.0 Å². The molecule has 1 aliphatic carbocycles. The highest BCUT2D eigenvalue weighted by Crippen LogP contribution is 2.39. The van der Waals surface area contributed by atoms with Crippen LogP contribution in [-0.2, 0) is 14.6 Å². The molecule has 0 spiro atoms. The van der Waals surface area contributed by atoms with Crippen LogP contribution in [0.5, 0.6) is 5.75 Å². The fraction of sp³-hybridized carbons (Fsp3) is 0.400. The lowest BCUT2D eigenvalue weighted by molar-refractivity contribution is 0.0415. The minimum Gasteiger partial charge on any atom is -0.504 e. The van der Waals surface area contributed by atoms with Gasteiger partial charge in [-0.2, -0.15) is 0 Å². The summed E-state index contributed by atoms with van der Waals surface area (Å²) in [6.07, 6.45) is 3.26. The van der Waals surface area contributed by atoms with Crippen molar-refractivity contribution in [2.75, 3.05) is 18.5 Å². The van der Waals surface area contributed by atoms with E-state index in [9.17, 15) is 18.3 Å². The van der Waals surface area contributed by atoms with E-state index in [2.05, 4.69) is 10.6 Å². The van der Waals surface area contributed by atoms with Gasteiger partial charge < -0.3 is 20.5 Å². The number of phenolic OH excluding ortho intramolecular Hbond substituents is 1. The van der Waals surface area contributed by atoms with Gasteiger partial charge in [-0.05, 0) is 25.0 Å². The summed E-state index contributed by atoms with van der Waals surface area (Å²) in [7, 11) is -3.86. The third-order valence-corrected chi connectivity index (χ3v) is 7.07. The van der Waals surface area contributed by atoms with Gasteiger partial charge in [0.2, 0.25) is 0 Å². The predicted octanol–water partition coefficient (Wildman–Crippen LogP) is 2.62. The number of rotatable bonds is 4. The van der Waals surface area contributed by atoms with Gasteiger partial charge in [-0.15, -0.1) is 0 Å². The number of nitrogens with one attached hydrogen (secondary N) is 2. The summed E-state index contributed by atoms with van der Waals surface area (Å²) in [5.74, 6) is -0.595. The average molecular weight is 407 g/mol. The summed E-state index contributed by atoms with van der Waals surface area (Å²) in [5.41, 5.74) is -0.0567. The Morgan fingerprint density at radius 1 is 1.28 bits per heavy atom. The van der Waals surface area contributed by atoms with E-state index in [1.54, 1.807) is 0 Å². The number of phenols is 1. The van der Waals surface area contributed by atoms with E-state index in [0.29, 0.717) is 11.5 Å². The molecule has 1 aliphatic heterocycles. The number of carbonyl (C=O) groups is 1. The summed E-state index contributed by atoms with van der Waals surface area (Å²) in [6.45, 7) is 0.0888. The van der Waals surface area contributed by atoms with Gasteiger partial charge in [-0.25, -0.2) is 13.2 Å². The molecule has 1 atom stereocenters. The van der Waals surface area contributed by atoms with Crippen LogP contribution in [0.15, 0.2) is 28.1 Å². The van der Waals surface area contributed by atoms with Crippen molar-refractivity contribution >= 4 is 44.8 Å². The topological polar surface area (TPSA) is 105 Å². The second kappa shape index (κ2) is 7.03. The number of halogens is 2. The van der Waals surface area contributed by atoms with Gasteiger partial charge >= 0.3 is 6.03 Å². The Morgan fingerprint density at radius 3 is 2.56 bits per heavy atom. The smallest absolute Gasteiger partial charge is 0.319 e. The second-order valence-corrected chi connectivity index (χ2v) is 8.80. The SMILES string of the molecule is O=C(Nc1ccc(Cl)c(S(=O)(=O)C2COC2)c1O)N[C@H]1CCC=C1Cl. The van der Waals surface area contributed by atoms with Crippen LogP contribution < -0.4 is 10.6 Å². The molecule has 0 saturated carbocycles. The molecule has 1 heterocycles. The zero-order valence-corrected chi connectivity index (χ0v) is 15.3. The molecule has 7 nitrogen and oxygen atoms in total. The summed E-state index contributed by atoms with van der Waals surface area (Å²) in [6, 6.07) is 1.74. The Kier molecular flexibility index (Phi) is 5.15. The molecule has 3 rings (SSSR count). The molecular weight excluding hydrogens is 391 g/mol. The Hall–Kier alpha value is -1.48. The molecular formula is C15H16Cl2N2O5S. The van der Waals surface area contributed by atoms with E-state index < -0.39 is 31.8 Å². The van der Waals surface area contributed by atoms with Gasteiger partial charge in [0, 0.05) is 5.03 Å². The van der Waals surface area contributed by atoms with Crippen LogP contribution in [0.4, 0.5) is 10.5 Å². The number of ether oxygens (including phenoxy) is 1. The number of urea groups is 1. The summed E-state index contributed by atoms with van der Waals surface area (Å²) in [4.78, 5) is 11.7. The number of aromatic hydroxyl groups is 1. The lowest BCUT2D eigenvalue weighted by atomic mass is 10.2. The van der Waals surface area contributed by atoms with E-state index >= 15 is 0 Å². The van der Waals surface area contributed by atoms with Crippen molar-refractivity contribution in [3.63, 3.8) is 0 Å². The van der Waals surface area contributed by atoms with Crippen molar-refractivity contribution in [2.45, 2.75) is 29.0 Å². The average Bonchev–Trinajstić information content (AvgIpc) is 2.85. The summed E-state index contributed by atoms with van der Waals surface area (Å²) in [5, 5.41) is 15.1. The van der Waals surface area contributed by atoms with Crippen LogP contribution in [0.1, 0.15) is 12.8 Å². The highest BCUT2D eigenvalue weighted by molar-refractivity contribution is 7.92. The van der Waals surface area contributed by atoms with Crippen molar-refractivity contribution in [3.05, 3.63) is 28.3 Å². The molecule has 0 aromatic heterocycles. The minimum atomic E-state index is -3.86. The molecule has 1 saturated heterocycles. The number of anilines is 1. The van der Waals surface area contributed by atoms with E-state index in [1.165, 1.54) is 12.1 Å². The Morgan fingerprint density at radius 2 is 2.00 bits per heavy atom. The third-order valence-electron chi connectivity index (χ3n) is 4.10. The maximum Gasteiger partial charge on any atom is 0.319 e. The molecule has 2 amide bonds. The third kappa shape index (κ3) is 3.57. The number of allylic oxidation sites excluding steroid dienone is 1. The quantitative estimate of drug-likeness (QED) is 0.666. The first-order valence-corrected chi connectivity index (χ1v) is 9.87. The van der Waals surface area contributed by atoms with Crippen molar-refractivity contribution < 1.29 is 23.1 Å². The van der Waals surface area contributed by atoms with E-state index in [4.69, 9.17) is 27.9 Å². The molecule has 1 fully saturated rings. The lowest BCUT2D eigenvalue weighted by Crippen LogP contribution is -2.40. The molecule has 0 bridgehead atoms. The number of amides is 2. The molecule has 136 valence electrons. The van der Waals surface area contributed by atoms with Crippen LogP contribution >= 0.6 is 23.2 Å². The van der Waals surface area contributed by atoms with Crippen LogP contribution in [0.3, 0.4) is 0 Å². The van der Waals surface area contributed by atoms with E-state index in [1.807, 2.05) is 6.08 Å². The molecule has 25 heavy (non-hydrogen) atoms. The minimum absolute atomic E-state index is 0.0444. The molecule has 1 aromatic carbocycles. The Balaban J connectivity index is 1.82. The second-order valence-electron chi connectivity index (χ2n) is 5.79. The zero-order chi connectivity index (χ0) is 18.2. The number of sulfone groups is 1. The summed E-state index contributed by atoms with van der Waals surface area (Å²) < 4.78 is 30.0. The van der Waals surface area contributed by atoms with Gasteiger partial charge in [-0.3, -0.25) is 0 Å². The molecule has 2 aliphatic rings. The monoisotopic (exact) mass is 406 g/mol. The highest BCUT2D eigenvalue weighted by Gasteiger charge is 2.38. The van der Waals surface area contributed by atoms with Gasteiger partial charge in [0.1, 0.15) is 10.1 Å². The number of benzene rings is 1. The van der Waals surface area contributed by atoms with Crippen molar-refractivity contribution in [3.8, 4) is 5.75 Å². The number of carbonyl (C=O) groups excluding carboxylic acids is 1. The molecule has 3 N–H and O–H groups in total. The van der Waals surface area contributed by atoms with Gasteiger partial charge in [0.15, 0.2) is 15.6 Å². The Bertz CT molecular complexity index is 837. The van der Waals surface area contributed by atoms with Crippen LogP contribution in [0.25, 0.3) is 0 Å². The van der Waals surface area contributed by atoms with Gasteiger partial charge in [0.25, 0.3) is 0 Å². The largest absolute Gasteiger partial charge is 0.504 e. The van der Waals surface area contributed by atoms with Crippen LogP contribution in [0, 0.1) is 0 Å². The highest BCUT2D eigenvalue weighted by atomic mass is 35.5. The lowest BCUT2D eigenvalue weighted by Gasteiger charge is -2.26. The van der Waals surface area contributed by atoms with E-state index in [-0.39, 0.29) is 30.0 Å². The fourth-order valence-electron chi connectivity index (χ4n) is 2.60. The van der Waals surface area contributed by atoms with E-state index in [0.717, 1.165) is 6.42 Å². The first kappa shape index (κ1) is 18.3. The zero-order valence-electron chi connectivity index (χ0n) is 13.0. The Labute approximate surface area is 154 Å². The first-order valence-electron chi connectivity index (χ1n) is 7.57. The molecule has 0 unspecified atom stereocenters. The van der Waals surface area contributed by atoms with Gasteiger partial charge in [-0.1, -0.05) is 29.3 Å². The fourth-order valence-corrected chi connectivity index (χ4v) is 4.96. The maximum absolute atomic E-state index is 12.5. The summed E-state index contributed by atoms with van der Waals surface area (Å²) >= 11 is 12.0. The van der Waals surface area contributed by atoms with Crippen LogP contribution in [0.2, 0.25) is 5.02 Å². The predicted molar refractivity (Wildman–Crippen MR) is 94.0 cm³/mol. The number of hydrogen-bond acceptors (Lipinski definition) is 5. The maximum atomic E-state index is 12.5. The number of hydrogen-bond donors (Lipinski definition) is 3. The standard InChI is InChI=1S/C15H16Cl2N2O5S/c16-9-2-1-3-11(9)18-15(21)19-12-5-4-10(17)14(13(12)20)25(22,23)8-6-24-7-8/h2,4-5,8,11,20H,1,3,6-7H2,(H2,18,19,21)/t11-/m0/s1. The van der Waals surface area contributed by atoms with Crippen LogP contribution in [-0.4, -0.2) is 44.1 Å². The van der Waals surface area contributed by atoms with Crippen molar-refractivity contribution in [1.82, 2.24) is 5.32 Å². The van der Waals surface area contributed by atoms with Crippen molar-refractivity contribution in [1.29, 1.82) is 0 Å². The molecule has 0 radical (unpaired) electrons. The normalized spacial score (nSPS) is 20.7.